The van der Waals surface area contributed by atoms with Crippen LogP contribution >= 0.6 is 11.6 Å². The predicted octanol–water partition coefficient (Wildman–Crippen LogP) is 6.16. The largest absolute Gasteiger partial charge is 0.177 e. The van der Waals surface area contributed by atoms with Gasteiger partial charge < -0.3 is 0 Å². The highest BCUT2D eigenvalue weighted by atomic mass is 35.5. The summed E-state index contributed by atoms with van der Waals surface area (Å²) in [7, 11) is -1.21. The van der Waals surface area contributed by atoms with Gasteiger partial charge in [0, 0.05) is 5.88 Å². The summed E-state index contributed by atoms with van der Waals surface area (Å²) in [5, 5.41) is 0. The van der Waals surface area contributed by atoms with Crippen LogP contribution in [-0.2, 0) is 0 Å². The highest BCUT2D eigenvalue weighted by Crippen LogP contribution is 2.37. The van der Waals surface area contributed by atoms with Crippen molar-refractivity contribution in [2.45, 2.75) is 72.8 Å². The molecule has 0 saturated heterocycles. The van der Waals surface area contributed by atoms with Gasteiger partial charge in [-0.2, -0.15) is 0 Å². The fraction of sp³-hybridized carbons (Fsp3) is 0.875. The molecule has 0 amide bonds. The first-order valence-electron chi connectivity index (χ1n) is 7.78. The Morgan fingerprint density at radius 3 is 1.53 bits per heavy atom. The Balaban J connectivity index is 5.49. The average Bonchev–Trinajstić information content (AvgIpc) is 2.25. The van der Waals surface area contributed by atoms with E-state index < -0.39 is 8.07 Å². The third-order valence-corrected chi connectivity index (χ3v) is 5.98. The molecule has 0 aromatic rings. The van der Waals surface area contributed by atoms with Crippen LogP contribution in [0.1, 0.15) is 41.5 Å². The molecule has 0 radical (unpaired) electrons. The molecule has 0 aromatic heterocycles. The van der Waals surface area contributed by atoms with E-state index in [2.05, 4.69) is 66.9 Å². The third-order valence-electron chi connectivity index (χ3n) is 4.44. The molecule has 0 spiro atoms. The lowest BCUT2D eigenvalue weighted by Crippen LogP contribution is -2.35. The van der Waals surface area contributed by atoms with Gasteiger partial charge in [-0.25, -0.2) is 0 Å². The minimum absolute atomic E-state index is 0.629. The van der Waals surface area contributed by atoms with Crippen LogP contribution in [0, 0.1) is 11.8 Å². The van der Waals surface area contributed by atoms with E-state index in [1.54, 1.807) is 0 Å². The zero-order valence-electron chi connectivity index (χ0n) is 14.5. The molecule has 0 heterocycles. The molecule has 19 heavy (non-hydrogen) atoms. The van der Waals surface area contributed by atoms with E-state index in [4.69, 9.17) is 11.6 Å². The van der Waals surface area contributed by atoms with Crippen molar-refractivity contribution in [3.8, 4) is 0 Å². The van der Waals surface area contributed by atoms with Gasteiger partial charge in [-0.3, -0.25) is 0 Å². The van der Waals surface area contributed by atoms with Gasteiger partial charge in [0.05, 0.1) is 8.07 Å². The van der Waals surface area contributed by atoms with Gasteiger partial charge in [0.1, 0.15) is 0 Å². The first kappa shape index (κ1) is 19.3. The minimum atomic E-state index is -1.21. The Morgan fingerprint density at radius 2 is 1.32 bits per heavy atom. The second-order valence-electron chi connectivity index (χ2n) is 7.95. The van der Waals surface area contributed by atoms with Gasteiger partial charge in [0.15, 0.2) is 6.71 Å². The molecule has 112 valence electrons. The average molecular weight is 301 g/mol. The standard InChI is InChI=1S/C16H34BClSi/c1-12(2)14(5)17(15(6)13(3)4)16(10-18)11-19(7,8)9/h11-15H,10H2,1-9H3/b16-11+. The molecule has 0 aliphatic carbocycles. The molecular formula is C16H34BClSi. The van der Waals surface area contributed by atoms with Gasteiger partial charge in [0.25, 0.3) is 0 Å². The van der Waals surface area contributed by atoms with E-state index in [-0.39, 0.29) is 0 Å². The minimum Gasteiger partial charge on any atom is -0.123 e. The van der Waals surface area contributed by atoms with Crippen LogP contribution in [0.15, 0.2) is 11.2 Å². The summed E-state index contributed by atoms with van der Waals surface area (Å²) in [5.74, 6) is 3.50. The number of hydrogen-bond acceptors (Lipinski definition) is 0. The van der Waals surface area contributed by atoms with Crippen molar-refractivity contribution in [3.05, 3.63) is 11.2 Å². The number of hydrogen-bond donors (Lipinski definition) is 0. The molecule has 2 atom stereocenters. The molecule has 0 fully saturated rings. The first-order valence-corrected chi connectivity index (χ1v) is 11.9. The molecule has 3 heteroatoms. The van der Waals surface area contributed by atoms with Crippen molar-refractivity contribution in [2.24, 2.45) is 11.8 Å². The van der Waals surface area contributed by atoms with E-state index in [0.29, 0.717) is 36.1 Å². The fourth-order valence-electron chi connectivity index (χ4n) is 2.76. The quantitative estimate of drug-likeness (QED) is 0.390. The van der Waals surface area contributed by atoms with Gasteiger partial charge in [-0.15, -0.1) is 17.3 Å². The predicted molar refractivity (Wildman–Crippen MR) is 96.4 cm³/mol. The maximum absolute atomic E-state index is 6.32. The van der Waals surface area contributed by atoms with Gasteiger partial charge >= 0.3 is 0 Å². The van der Waals surface area contributed by atoms with Crippen molar-refractivity contribution in [1.29, 1.82) is 0 Å². The molecule has 2 unspecified atom stereocenters. The Morgan fingerprint density at radius 1 is 0.947 bits per heavy atom. The lowest BCUT2D eigenvalue weighted by atomic mass is 9.28. The van der Waals surface area contributed by atoms with Crippen LogP contribution in [0.4, 0.5) is 0 Å². The Labute approximate surface area is 128 Å². The molecule has 0 aliphatic rings. The monoisotopic (exact) mass is 300 g/mol. The summed E-state index contributed by atoms with van der Waals surface area (Å²) >= 11 is 6.32. The van der Waals surface area contributed by atoms with Crippen molar-refractivity contribution in [1.82, 2.24) is 0 Å². The molecule has 0 saturated carbocycles. The van der Waals surface area contributed by atoms with Crippen molar-refractivity contribution in [3.63, 3.8) is 0 Å². The summed E-state index contributed by atoms with van der Waals surface area (Å²) in [6.45, 7) is 22.0. The van der Waals surface area contributed by atoms with E-state index in [9.17, 15) is 0 Å². The van der Waals surface area contributed by atoms with Crippen LogP contribution < -0.4 is 0 Å². The zero-order valence-corrected chi connectivity index (χ0v) is 16.3. The summed E-state index contributed by atoms with van der Waals surface area (Å²) in [4.78, 5) is 0. The van der Waals surface area contributed by atoms with Crippen LogP contribution in [0.3, 0.4) is 0 Å². The van der Waals surface area contributed by atoms with Crippen molar-refractivity contribution >= 4 is 26.4 Å². The number of alkyl halides is 1. The van der Waals surface area contributed by atoms with Crippen molar-refractivity contribution < 1.29 is 0 Å². The summed E-state index contributed by atoms with van der Waals surface area (Å²) < 4.78 is 0. The molecule has 0 rings (SSSR count). The van der Waals surface area contributed by atoms with Crippen LogP contribution in [0.5, 0.6) is 0 Å². The molecule has 0 N–H and O–H groups in total. The highest BCUT2D eigenvalue weighted by Gasteiger charge is 2.34. The smallest absolute Gasteiger partial charge is 0.123 e. The molecule has 0 nitrogen and oxygen atoms in total. The Kier molecular flexibility index (Phi) is 8.06. The van der Waals surface area contributed by atoms with Crippen LogP contribution in [0.25, 0.3) is 0 Å². The van der Waals surface area contributed by atoms with Gasteiger partial charge in [-0.05, 0) is 0 Å². The second kappa shape index (κ2) is 7.93. The van der Waals surface area contributed by atoms with E-state index in [1.165, 1.54) is 5.47 Å². The molecule has 0 aromatic carbocycles. The third kappa shape index (κ3) is 6.53. The maximum Gasteiger partial charge on any atom is 0.177 e. The normalized spacial score (nSPS) is 16.9. The van der Waals surface area contributed by atoms with Crippen LogP contribution in [-0.4, -0.2) is 20.7 Å². The highest BCUT2D eigenvalue weighted by molar-refractivity contribution is 6.83. The summed E-state index contributed by atoms with van der Waals surface area (Å²) in [5.41, 5.74) is 4.05. The summed E-state index contributed by atoms with van der Waals surface area (Å²) in [6, 6.07) is 0. The molecule has 0 bridgehead atoms. The second-order valence-corrected chi connectivity index (χ2v) is 13.2. The van der Waals surface area contributed by atoms with E-state index >= 15 is 0 Å². The van der Waals surface area contributed by atoms with Crippen molar-refractivity contribution in [2.75, 3.05) is 5.88 Å². The molecule has 0 aliphatic heterocycles. The molecular weight excluding hydrogens is 267 g/mol. The topological polar surface area (TPSA) is 0 Å². The van der Waals surface area contributed by atoms with E-state index in [1.807, 2.05) is 0 Å². The SMILES string of the molecule is CC(C)C(C)B(/C(=C/[Si](C)(C)C)CCl)C(C)C(C)C. The Hall–Kier alpha value is 0.312. The Bertz CT molecular complexity index is 278. The first-order chi connectivity index (χ1) is 8.51. The maximum atomic E-state index is 6.32. The summed E-state index contributed by atoms with van der Waals surface area (Å²) in [6.07, 6.45) is 0. The van der Waals surface area contributed by atoms with Crippen LogP contribution in [0.2, 0.25) is 31.3 Å². The number of rotatable bonds is 7. The van der Waals surface area contributed by atoms with Gasteiger partial charge in [-0.1, -0.05) is 90.1 Å². The van der Waals surface area contributed by atoms with E-state index in [0.717, 1.165) is 0 Å². The lowest BCUT2D eigenvalue weighted by molar-refractivity contribution is 0.565. The van der Waals surface area contributed by atoms with Gasteiger partial charge in [0.2, 0.25) is 0 Å². The zero-order chi connectivity index (χ0) is 15.4. The number of allylic oxidation sites excluding steroid dienone is 1. The number of halogens is 1. The fourth-order valence-corrected chi connectivity index (χ4v) is 4.56. The lowest BCUT2D eigenvalue weighted by Gasteiger charge is -2.34.